The van der Waals surface area contributed by atoms with E-state index in [9.17, 15) is 14.7 Å². The van der Waals surface area contributed by atoms with Gasteiger partial charge in [0.2, 0.25) is 0 Å². The molecule has 6 heteroatoms. The van der Waals surface area contributed by atoms with Gasteiger partial charge in [-0.2, -0.15) is 0 Å². The number of carboxylic acids is 1. The number of carbonyl (C=O) groups is 2. The minimum absolute atomic E-state index is 0.120. The van der Waals surface area contributed by atoms with E-state index >= 15 is 0 Å². The van der Waals surface area contributed by atoms with Crippen molar-refractivity contribution in [2.75, 3.05) is 13.7 Å². The number of likely N-dealkylation sites (N-methyl/N-ethyl adjacent to an activating group) is 1. The first-order valence-corrected chi connectivity index (χ1v) is 6.20. The SMILES string of the molecule is CC(CO)N(C)C(=O)NC1CCCC1(C)C(=O)O. The number of hydrogen-bond acceptors (Lipinski definition) is 3. The van der Waals surface area contributed by atoms with Crippen molar-refractivity contribution < 1.29 is 19.8 Å². The Bertz CT molecular complexity index is 334. The first-order valence-electron chi connectivity index (χ1n) is 6.20. The van der Waals surface area contributed by atoms with Crippen LogP contribution in [0, 0.1) is 5.41 Å². The predicted molar refractivity (Wildman–Crippen MR) is 66.2 cm³/mol. The molecular weight excluding hydrogens is 236 g/mol. The molecule has 0 aromatic carbocycles. The van der Waals surface area contributed by atoms with E-state index in [2.05, 4.69) is 5.32 Å². The number of urea groups is 1. The van der Waals surface area contributed by atoms with Crippen LogP contribution in [0.2, 0.25) is 0 Å². The van der Waals surface area contributed by atoms with Crippen LogP contribution in [0.5, 0.6) is 0 Å². The summed E-state index contributed by atoms with van der Waals surface area (Å²) in [4.78, 5) is 24.6. The lowest BCUT2D eigenvalue weighted by Gasteiger charge is -2.31. The van der Waals surface area contributed by atoms with Crippen LogP contribution in [0.25, 0.3) is 0 Å². The second-order valence-electron chi connectivity index (χ2n) is 5.26. The Morgan fingerprint density at radius 2 is 2.17 bits per heavy atom. The standard InChI is InChI=1S/C12H22N2O4/c1-8(7-15)14(3)11(18)13-9-5-4-6-12(9,2)10(16)17/h8-9,15H,4-7H2,1-3H3,(H,13,18)(H,16,17). The Labute approximate surface area is 107 Å². The minimum Gasteiger partial charge on any atom is -0.481 e. The highest BCUT2D eigenvalue weighted by atomic mass is 16.4. The zero-order valence-electron chi connectivity index (χ0n) is 11.1. The summed E-state index contributed by atoms with van der Waals surface area (Å²) in [6.45, 7) is 3.28. The van der Waals surface area contributed by atoms with Crippen LogP contribution in [0.3, 0.4) is 0 Å². The summed E-state index contributed by atoms with van der Waals surface area (Å²) in [5.74, 6) is -0.872. The van der Waals surface area contributed by atoms with Gasteiger partial charge in [-0.1, -0.05) is 6.42 Å². The average Bonchev–Trinajstić information content (AvgIpc) is 2.70. The number of hydrogen-bond donors (Lipinski definition) is 3. The van der Waals surface area contributed by atoms with Gasteiger partial charge in [0, 0.05) is 13.1 Å². The lowest BCUT2D eigenvalue weighted by molar-refractivity contribution is -0.148. The highest BCUT2D eigenvalue weighted by Gasteiger charge is 2.46. The topological polar surface area (TPSA) is 89.9 Å². The number of aliphatic hydroxyl groups excluding tert-OH is 1. The molecule has 1 fully saturated rings. The molecule has 1 rings (SSSR count). The second-order valence-corrected chi connectivity index (χ2v) is 5.26. The molecule has 0 spiro atoms. The Morgan fingerprint density at radius 3 is 2.67 bits per heavy atom. The van der Waals surface area contributed by atoms with Gasteiger partial charge in [-0.15, -0.1) is 0 Å². The highest BCUT2D eigenvalue weighted by Crippen LogP contribution is 2.38. The number of amides is 2. The van der Waals surface area contributed by atoms with Crippen molar-refractivity contribution in [2.24, 2.45) is 5.41 Å². The average molecular weight is 258 g/mol. The minimum atomic E-state index is -0.890. The van der Waals surface area contributed by atoms with Gasteiger partial charge in [0.1, 0.15) is 0 Å². The van der Waals surface area contributed by atoms with Crippen molar-refractivity contribution in [2.45, 2.75) is 45.2 Å². The summed E-state index contributed by atoms with van der Waals surface area (Å²) in [7, 11) is 1.59. The summed E-state index contributed by atoms with van der Waals surface area (Å²) in [5, 5.41) is 21.0. The van der Waals surface area contributed by atoms with E-state index in [0.29, 0.717) is 12.8 Å². The van der Waals surface area contributed by atoms with Gasteiger partial charge >= 0.3 is 12.0 Å². The molecule has 104 valence electrons. The zero-order valence-corrected chi connectivity index (χ0v) is 11.1. The van der Waals surface area contributed by atoms with Gasteiger partial charge in [0.05, 0.1) is 18.1 Å². The molecule has 0 bridgehead atoms. The first-order chi connectivity index (χ1) is 8.32. The van der Waals surface area contributed by atoms with Crippen LogP contribution < -0.4 is 5.32 Å². The monoisotopic (exact) mass is 258 g/mol. The second kappa shape index (κ2) is 5.56. The zero-order chi connectivity index (χ0) is 13.9. The number of carboxylic acid groups (broad SMARTS) is 1. The fourth-order valence-corrected chi connectivity index (χ4v) is 2.23. The normalized spacial score (nSPS) is 28.8. The van der Waals surface area contributed by atoms with Gasteiger partial charge in [-0.25, -0.2) is 4.79 Å². The van der Waals surface area contributed by atoms with E-state index in [1.165, 1.54) is 4.90 Å². The smallest absolute Gasteiger partial charge is 0.317 e. The van der Waals surface area contributed by atoms with Crippen molar-refractivity contribution in [1.82, 2.24) is 10.2 Å². The Morgan fingerprint density at radius 1 is 1.56 bits per heavy atom. The number of aliphatic carboxylic acids is 1. The number of nitrogens with one attached hydrogen (secondary N) is 1. The summed E-state index contributed by atoms with van der Waals surface area (Å²) in [6.07, 6.45) is 2.05. The largest absolute Gasteiger partial charge is 0.481 e. The number of rotatable bonds is 4. The summed E-state index contributed by atoms with van der Waals surface area (Å²) in [5.41, 5.74) is -0.890. The third-order valence-electron chi connectivity index (χ3n) is 3.99. The maximum absolute atomic E-state index is 11.9. The predicted octanol–water partition coefficient (Wildman–Crippen LogP) is 0.652. The molecule has 18 heavy (non-hydrogen) atoms. The quantitative estimate of drug-likeness (QED) is 0.690. The number of aliphatic hydroxyl groups is 1. The molecule has 0 radical (unpaired) electrons. The van der Waals surface area contributed by atoms with Crippen molar-refractivity contribution in [3.63, 3.8) is 0 Å². The van der Waals surface area contributed by atoms with E-state index in [0.717, 1.165) is 6.42 Å². The summed E-state index contributed by atoms with van der Waals surface area (Å²) >= 11 is 0. The summed E-state index contributed by atoms with van der Waals surface area (Å²) in [6, 6.07) is -0.978. The molecule has 0 aromatic heterocycles. The van der Waals surface area contributed by atoms with E-state index in [-0.39, 0.29) is 24.7 Å². The molecule has 0 aromatic rings. The molecular formula is C12H22N2O4. The fraction of sp³-hybridized carbons (Fsp3) is 0.833. The van der Waals surface area contributed by atoms with Crippen molar-refractivity contribution in [3.05, 3.63) is 0 Å². The Hall–Kier alpha value is -1.30. The maximum Gasteiger partial charge on any atom is 0.317 e. The fourth-order valence-electron chi connectivity index (χ4n) is 2.23. The Kier molecular flexibility index (Phi) is 4.56. The molecule has 1 aliphatic carbocycles. The molecule has 0 heterocycles. The number of carbonyl (C=O) groups excluding carboxylic acids is 1. The van der Waals surface area contributed by atoms with Gasteiger partial charge < -0.3 is 20.4 Å². The highest BCUT2D eigenvalue weighted by molar-refractivity contribution is 5.79. The molecule has 3 atom stereocenters. The van der Waals surface area contributed by atoms with Gasteiger partial charge in [0.25, 0.3) is 0 Å². The molecule has 3 unspecified atom stereocenters. The molecule has 1 saturated carbocycles. The van der Waals surface area contributed by atoms with Crippen LogP contribution in [0.4, 0.5) is 4.79 Å². The van der Waals surface area contributed by atoms with Crippen LogP contribution >= 0.6 is 0 Å². The third kappa shape index (κ3) is 2.75. The first kappa shape index (κ1) is 14.8. The lowest BCUT2D eigenvalue weighted by atomic mass is 9.85. The van der Waals surface area contributed by atoms with E-state index in [1.807, 2.05) is 0 Å². The van der Waals surface area contributed by atoms with Crippen LogP contribution in [-0.2, 0) is 4.79 Å². The molecule has 1 aliphatic rings. The van der Waals surface area contributed by atoms with Crippen LogP contribution in [-0.4, -0.2) is 52.9 Å². The van der Waals surface area contributed by atoms with E-state index in [1.54, 1.807) is 20.9 Å². The molecule has 0 saturated heterocycles. The Balaban J connectivity index is 2.67. The summed E-state index contributed by atoms with van der Waals surface area (Å²) < 4.78 is 0. The maximum atomic E-state index is 11.9. The molecule has 3 N–H and O–H groups in total. The van der Waals surface area contributed by atoms with E-state index in [4.69, 9.17) is 5.11 Å². The third-order valence-corrected chi connectivity index (χ3v) is 3.99. The van der Waals surface area contributed by atoms with Crippen LogP contribution in [0.1, 0.15) is 33.1 Å². The van der Waals surface area contributed by atoms with Crippen LogP contribution in [0.15, 0.2) is 0 Å². The van der Waals surface area contributed by atoms with Gasteiger partial charge in [0.15, 0.2) is 0 Å². The lowest BCUT2D eigenvalue weighted by Crippen LogP contribution is -2.52. The van der Waals surface area contributed by atoms with Gasteiger partial charge in [-0.05, 0) is 26.7 Å². The van der Waals surface area contributed by atoms with Crippen molar-refractivity contribution in [3.8, 4) is 0 Å². The van der Waals surface area contributed by atoms with E-state index < -0.39 is 11.4 Å². The molecule has 6 nitrogen and oxygen atoms in total. The number of nitrogens with zero attached hydrogens (tertiary/aromatic N) is 1. The van der Waals surface area contributed by atoms with Crippen molar-refractivity contribution >= 4 is 12.0 Å². The van der Waals surface area contributed by atoms with Crippen molar-refractivity contribution in [1.29, 1.82) is 0 Å². The van der Waals surface area contributed by atoms with Gasteiger partial charge in [-0.3, -0.25) is 4.79 Å². The molecule has 2 amide bonds. The molecule has 0 aliphatic heterocycles.